The van der Waals surface area contributed by atoms with Gasteiger partial charge in [0.15, 0.2) is 5.96 Å². The van der Waals surface area contributed by atoms with Gasteiger partial charge in [-0.25, -0.2) is 0 Å². The molecule has 2 rings (SSSR count). The van der Waals surface area contributed by atoms with Crippen LogP contribution in [0, 0.1) is 0 Å². The van der Waals surface area contributed by atoms with Crippen molar-refractivity contribution >= 4 is 40.5 Å². The third-order valence-corrected chi connectivity index (χ3v) is 3.55. The summed E-state index contributed by atoms with van der Waals surface area (Å²) in [6.07, 6.45) is 0. The van der Waals surface area contributed by atoms with Gasteiger partial charge < -0.3 is 16.0 Å². The van der Waals surface area contributed by atoms with Gasteiger partial charge in [0.2, 0.25) is 0 Å². The molecule has 0 aromatic heterocycles. The summed E-state index contributed by atoms with van der Waals surface area (Å²) >= 11 is 12.3. The summed E-state index contributed by atoms with van der Waals surface area (Å²) in [6.45, 7) is 8.07. The Morgan fingerprint density at radius 2 is 1.84 bits per heavy atom. The van der Waals surface area contributed by atoms with E-state index in [1.54, 1.807) is 12.1 Å². The van der Waals surface area contributed by atoms with Crippen LogP contribution in [0.25, 0.3) is 0 Å². The number of nitrogen functional groups attached to an aromatic ring is 1. The minimum absolute atomic E-state index is 0.00487. The highest BCUT2D eigenvalue weighted by molar-refractivity contribution is 6.40. The first-order valence-corrected chi connectivity index (χ1v) is 6.88. The SMILES string of the molecule is CC(C)(C)N1CCN=C1Nc1c(Cl)cc(N)cc1Cl. The van der Waals surface area contributed by atoms with Gasteiger partial charge in [0.25, 0.3) is 0 Å². The minimum Gasteiger partial charge on any atom is -0.399 e. The molecule has 1 aliphatic rings. The molecular weight excluding hydrogens is 283 g/mol. The Hall–Kier alpha value is -1.13. The molecule has 19 heavy (non-hydrogen) atoms. The smallest absolute Gasteiger partial charge is 0.199 e. The maximum Gasteiger partial charge on any atom is 0.199 e. The van der Waals surface area contributed by atoms with E-state index < -0.39 is 0 Å². The molecule has 1 aromatic rings. The van der Waals surface area contributed by atoms with Crippen molar-refractivity contribution in [1.82, 2.24) is 4.90 Å². The predicted molar refractivity (Wildman–Crippen MR) is 83.3 cm³/mol. The van der Waals surface area contributed by atoms with E-state index in [1.165, 1.54) is 0 Å². The molecule has 0 radical (unpaired) electrons. The van der Waals surface area contributed by atoms with Crippen LogP contribution in [-0.4, -0.2) is 29.5 Å². The van der Waals surface area contributed by atoms with E-state index in [-0.39, 0.29) is 5.54 Å². The molecule has 104 valence electrons. The van der Waals surface area contributed by atoms with Crippen LogP contribution in [0.1, 0.15) is 20.8 Å². The zero-order chi connectivity index (χ0) is 14.2. The molecule has 0 bridgehead atoms. The van der Waals surface area contributed by atoms with E-state index in [2.05, 4.69) is 36.0 Å². The van der Waals surface area contributed by atoms with E-state index in [0.717, 1.165) is 19.0 Å². The third-order valence-electron chi connectivity index (χ3n) is 2.95. The number of benzene rings is 1. The van der Waals surface area contributed by atoms with Gasteiger partial charge in [-0.15, -0.1) is 0 Å². The number of nitrogens with one attached hydrogen (secondary N) is 1. The van der Waals surface area contributed by atoms with Crippen LogP contribution < -0.4 is 11.1 Å². The van der Waals surface area contributed by atoms with Gasteiger partial charge >= 0.3 is 0 Å². The number of rotatable bonds is 1. The molecule has 0 amide bonds. The van der Waals surface area contributed by atoms with Crippen molar-refractivity contribution in [1.29, 1.82) is 0 Å². The summed E-state index contributed by atoms with van der Waals surface area (Å²) in [5.74, 6) is 0.793. The van der Waals surface area contributed by atoms with Crippen molar-refractivity contribution in [2.24, 2.45) is 4.99 Å². The normalized spacial score (nSPS) is 15.6. The van der Waals surface area contributed by atoms with Gasteiger partial charge in [-0.1, -0.05) is 23.2 Å². The van der Waals surface area contributed by atoms with E-state index in [0.29, 0.717) is 21.4 Å². The van der Waals surface area contributed by atoms with Gasteiger partial charge in [-0.05, 0) is 32.9 Å². The topological polar surface area (TPSA) is 53.6 Å². The molecule has 4 nitrogen and oxygen atoms in total. The molecule has 6 heteroatoms. The molecular formula is C13H18Cl2N4. The Kier molecular flexibility index (Phi) is 3.83. The average molecular weight is 301 g/mol. The predicted octanol–water partition coefficient (Wildman–Crippen LogP) is 3.46. The van der Waals surface area contributed by atoms with Crippen molar-refractivity contribution in [3.05, 3.63) is 22.2 Å². The molecule has 0 fully saturated rings. The van der Waals surface area contributed by atoms with Crippen LogP contribution in [0.2, 0.25) is 10.0 Å². The molecule has 1 aromatic carbocycles. The molecule has 0 atom stereocenters. The highest BCUT2D eigenvalue weighted by Gasteiger charge is 2.28. The number of nitrogens with two attached hydrogens (primary N) is 1. The number of hydrogen-bond acceptors (Lipinski definition) is 4. The van der Waals surface area contributed by atoms with Crippen molar-refractivity contribution in [3.8, 4) is 0 Å². The Balaban J connectivity index is 2.27. The quantitative estimate of drug-likeness (QED) is 0.781. The maximum atomic E-state index is 6.17. The van der Waals surface area contributed by atoms with Crippen molar-refractivity contribution in [3.63, 3.8) is 0 Å². The number of guanidine groups is 1. The number of anilines is 2. The number of hydrogen-bond donors (Lipinski definition) is 2. The summed E-state index contributed by atoms with van der Waals surface area (Å²) in [7, 11) is 0. The Labute approximate surface area is 123 Å². The van der Waals surface area contributed by atoms with Gasteiger partial charge in [0.05, 0.1) is 22.3 Å². The summed E-state index contributed by atoms with van der Waals surface area (Å²) in [5, 5.41) is 4.21. The summed E-state index contributed by atoms with van der Waals surface area (Å²) in [5.41, 5.74) is 6.88. The second-order valence-electron chi connectivity index (χ2n) is 5.51. The summed E-state index contributed by atoms with van der Waals surface area (Å²) in [4.78, 5) is 6.66. The first-order chi connectivity index (χ1) is 8.79. The molecule has 0 unspecified atom stereocenters. The van der Waals surface area contributed by atoms with Crippen molar-refractivity contribution < 1.29 is 0 Å². The molecule has 1 heterocycles. The number of nitrogens with zero attached hydrogens (tertiary/aromatic N) is 2. The lowest BCUT2D eigenvalue weighted by molar-refractivity contribution is 0.257. The van der Waals surface area contributed by atoms with Gasteiger partial charge in [-0.3, -0.25) is 4.99 Å². The third kappa shape index (κ3) is 3.07. The lowest BCUT2D eigenvalue weighted by Gasteiger charge is -2.34. The van der Waals surface area contributed by atoms with Gasteiger partial charge in [0.1, 0.15) is 0 Å². The molecule has 0 aliphatic carbocycles. The lowest BCUT2D eigenvalue weighted by atomic mass is 10.1. The van der Waals surface area contributed by atoms with E-state index in [1.807, 2.05) is 0 Å². The van der Waals surface area contributed by atoms with Crippen LogP contribution in [0.4, 0.5) is 11.4 Å². The first kappa shape index (κ1) is 14.3. The highest BCUT2D eigenvalue weighted by atomic mass is 35.5. The van der Waals surface area contributed by atoms with Crippen molar-refractivity contribution in [2.45, 2.75) is 26.3 Å². The molecule has 0 spiro atoms. The van der Waals surface area contributed by atoms with E-state index in [9.17, 15) is 0 Å². The Morgan fingerprint density at radius 1 is 1.26 bits per heavy atom. The molecule has 0 saturated carbocycles. The van der Waals surface area contributed by atoms with E-state index in [4.69, 9.17) is 28.9 Å². The molecule has 1 aliphatic heterocycles. The van der Waals surface area contributed by atoms with Crippen LogP contribution in [0.3, 0.4) is 0 Å². The van der Waals surface area contributed by atoms with Crippen LogP contribution in [0.15, 0.2) is 17.1 Å². The van der Waals surface area contributed by atoms with Crippen LogP contribution in [-0.2, 0) is 0 Å². The maximum absolute atomic E-state index is 6.17. The largest absolute Gasteiger partial charge is 0.399 e. The second-order valence-corrected chi connectivity index (χ2v) is 6.33. The Bertz CT molecular complexity index is 497. The fourth-order valence-corrected chi connectivity index (χ4v) is 2.63. The highest BCUT2D eigenvalue weighted by Crippen LogP contribution is 2.33. The molecule has 0 saturated heterocycles. The van der Waals surface area contributed by atoms with Crippen LogP contribution in [0.5, 0.6) is 0 Å². The lowest BCUT2D eigenvalue weighted by Crippen LogP contribution is -2.46. The van der Waals surface area contributed by atoms with Crippen molar-refractivity contribution in [2.75, 3.05) is 24.1 Å². The Morgan fingerprint density at radius 3 is 2.37 bits per heavy atom. The molecule has 3 N–H and O–H groups in total. The van der Waals surface area contributed by atoms with Gasteiger partial charge in [0, 0.05) is 17.8 Å². The first-order valence-electron chi connectivity index (χ1n) is 6.12. The van der Waals surface area contributed by atoms with E-state index >= 15 is 0 Å². The zero-order valence-electron chi connectivity index (χ0n) is 11.3. The second kappa shape index (κ2) is 5.10. The number of halogens is 2. The monoisotopic (exact) mass is 300 g/mol. The fraction of sp³-hybridized carbons (Fsp3) is 0.462. The zero-order valence-corrected chi connectivity index (χ0v) is 12.8. The minimum atomic E-state index is -0.00487. The summed E-state index contributed by atoms with van der Waals surface area (Å²) in [6, 6.07) is 3.35. The fourth-order valence-electron chi connectivity index (χ4n) is 2.03. The summed E-state index contributed by atoms with van der Waals surface area (Å²) < 4.78 is 0. The van der Waals surface area contributed by atoms with Crippen LogP contribution >= 0.6 is 23.2 Å². The number of aliphatic imine (C=N–C) groups is 1. The standard InChI is InChI=1S/C13H18Cl2N4/c1-13(2,3)19-5-4-17-12(19)18-11-9(14)6-8(16)7-10(11)15/h6-7H,4-5,16H2,1-3H3,(H,17,18). The average Bonchev–Trinajstić information content (AvgIpc) is 2.70. The van der Waals surface area contributed by atoms with Gasteiger partial charge in [-0.2, -0.15) is 0 Å².